The highest BCUT2D eigenvalue weighted by molar-refractivity contribution is 6.33. The molecule has 17 heteroatoms. The first-order valence-electron chi connectivity index (χ1n) is 14.9. The van der Waals surface area contributed by atoms with Crippen LogP contribution < -0.4 is 20.5 Å². The Bertz CT molecular complexity index is 1980. The number of carbonyl (C=O) groups is 2. The highest BCUT2D eigenvalue weighted by atomic mass is 35.5. The van der Waals surface area contributed by atoms with Gasteiger partial charge in [0.15, 0.2) is 28.4 Å². The summed E-state index contributed by atoms with van der Waals surface area (Å²) in [5.41, 5.74) is 0.272. The highest BCUT2D eigenvalue weighted by Gasteiger charge is 2.32. The van der Waals surface area contributed by atoms with Crippen LogP contribution in [0.25, 0.3) is 11.2 Å². The fraction of sp³-hybridized carbons (Fsp3) is 0.387. The lowest BCUT2D eigenvalue weighted by molar-refractivity contribution is -0.137. The van der Waals surface area contributed by atoms with Crippen molar-refractivity contribution in [3.05, 3.63) is 68.1 Å². The van der Waals surface area contributed by atoms with Crippen molar-refractivity contribution in [3.8, 4) is 5.75 Å². The summed E-state index contributed by atoms with van der Waals surface area (Å²) in [4.78, 5) is 63.0. The second-order valence-electron chi connectivity index (χ2n) is 11.4. The van der Waals surface area contributed by atoms with E-state index in [0.29, 0.717) is 29.3 Å². The largest absolute Gasteiger partial charge is 0.504 e. The number of benzene rings is 1. The molecule has 0 unspecified atom stereocenters. The van der Waals surface area contributed by atoms with Crippen LogP contribution in [-0.4, -0.2) is 86.6 Å². The van der Waals surface area contributed by atoms with Gasteiger partial charge in [0, 0.05) is 46.0 Å². The van der Waals surface area contributed by atoms with Gasteiger partial charge in [0.2, 0.25) is 11.3 Å². The molecule has 0 aliphatic carbocycles. The van der Waals surface area contributed by atoms with Gasteiger partial charge in [0.25, 0.3) is 5.91 Å². The smallest absolute Gasteiger partial charge is 0.416 e. The van der Waals surface area contributed by atoms with Gasteiger partial charge in [0.1, 0.15) is 18.6 Å². The number of aromatic hydroxyl groups is 1. The number of nitrogens with zero attached hydrogens (tertiary/aromatic N) is 8. The van der Waals surface area contributed by atoms with Crippen LogP contribution in [0.4, 0.5) is 30.4 Å². The van der Waals surface area contributed by atoms with Gasteiger partial charge >= 0.3 is 6.18 Å². The Morgan fingerprint density at radius 2 is 1.75 bits per heavy atom. The van der Waals surface area contributed by atoms with Gasteiger partial charge in [-0.15, -0.1) is 0 Å². The maximum absolute atomic E-state index is 14.2. The van der Waals surface area contributed by atoms with Crippen molar-refractivity contribution in [1.29, 1.82) is 0 Å². The molecule has 1 fully saturated rings. The van der Waals surface area contributed by atoms with Crippen LogP contribution in [0.1, 0.15) is 40.1 Å². The maximum atomic E-state index is 14.2. The molecule has 0 atom stereocenters. The predicted octanol–water partition coefficient (Wildman–Crippen LogP) is 3.81. The Morgan fingerprint density at radius 1 is 1.06 bits per heavy atom. The Labute approximate surface area is 278 Å². The third-order valence-corrected chi connectivity index (χ3v) is 8.35. The minimum atomic E-state index is -4.61. The topological polar surface area (TPSA) is 150 Å². The summed E-state index contributed by atoms with van der Waals surface area (Å²) in [5, 5.41) is 12.6. The van der Waals surface area contributed by atoms with Crippen LogP contribution in [0.5, 0.6) is 5.75 Å². The van der Waals surface area contributed by atoms with Crippen molar-refractivity contribution in [3.63, 3.8) is 0 Å². The number of hydrogen-bond acceptors (Lipinski definition) is 10. The van der Waals surface area contributed by atoms with Crippen molar-refractivity contribution in [1.82, 2.24) is 29.4 Å². The molecule has 254 valence electrons. The van der Waals surface area contributed by atoms with Gasteiger partial charge in [-0.25, -0.2) is 19.9 Å². The molecule has 48 heavy (non-hydrogen) atoms. The SMILES string of the molecule is CCc1c(N2CCN(C(=O)c3ncnc(C)c3O)CC2)c(=O)c2nc(N(C)C)c(C)nc2n1CC(=O)Nc1ccc(C(F)(F)F)cc1Cl. The number of anilines is 3. The highest BCUT2D eigenvalue weighted by Crippen LogP contribution is 2.34. The molecule has 2 amide bonds. The van der Waals surface area contributed by atoms with Crippen LogP contribution in [0, 0.1) is 13.8 Å². The number of aromatic nitrogens is 5. The van der Waals surface area contributed by atoms with Crippen molar-refractivity contribution >= 4 is 51.8 Å². The third-order valence-electron chi connectivity index (χ3n) is 8.03. The first-order valence-corrected chi connectivity index (χ1v) is 15.3. The fourth-order valence-electron chi connectivity index (χ4n) is 5.65. The van der Waals surface area contributed by atoms with E-state index in [1.807, 2.05) is 11.8 Å². The van der Waals surface area contributed by atoms with E-state index in [4.69, 9.17) is 11.6 Å². The molecule has 2 N–H and O–H groups in total. The molecule has 5 rings (SSSR count). The minimum absolute atomic E-state index is 0.0128. The molecule has 0 radical (unpaired) electrons. The molecular formula is C31H33ClF3N9O4. The quantitative estimate of drug-likeness (QED) is 0.294. The zero-order chi connectivity index (χ0) is 35.1. The first-order chi connectivity index (χ1) is 22.6. The molecule has 1 aliphatic rings. The molecular weight excluding hydrogens is 655 g/mol. The Morgan fingerprint density at radius 3 is 2.35 bits per heavy atom. The van der Waals surface area contributed by atoms with Gasteiger partial charge in [-0.3, -0.25) is 14.4 Å². The lowest BCUT2D eigenvalue weighted by Crippen LogP contribution is -2.50. The summed E-state index contributed by atoms with van der Waals surface area (Å²) >= 11 is 6.10. The fourth-order valence-corrected chi connectivity index (χ4v) is 5.88. The van der Waals surface area contributed by atoms with Crippen LogP contribution in [0.3, 0.4) is 0 Å². The lowest BCUT2D eigenvalue weighted by Gasteiger charge is -2.37. The molecule has 4 heterocycles. The lowest BCUT2D eigenvalue weighted by atomic mass is 10.1. The summed E-state index contributed by atoms with van der Waals surface area (Å²) in [6, 6.07) is 2.63. The molecule has 1 aromatic carbocycles. The Kier molecular flexibility index (Phi) is 9.48. The average molecular weight is 688 g/mol. The van der Waals surface area contributed by atoms with E-state index in [0.717, 1.165) is 18.2 Å². The van der Waals surface area contributed by atoms with Crippen LogP contribution in [-0.2, 0) is 23.9 Å². The minimum Gasteiger partial charge on any atom is -0.504 e. The van der Waals surface area contributed by atoms with E-state index in [1.165, 1.54) is 11.2 Å². The van der Waals surface area contributed by atoms with Gasteiger partial charge in [-0.2, -0.15) is 13.2 Å². The summed E-state index contributed by atoms with van der Waals surface area (Å²) in [6.45, 7) is 5.66. The van der Waals surface area contributed by atoms with Gasteiger partial charge in [-0.1, -0.05) is 18.5 Å². The molecule has 0 saturated carbocycles. The number of amides is 2. The zero-order valence-electron chi connectivity index (χ0n) is 26.8. The number of hydrogen-bond donors (Lipinski definition) is 2. The van der Waals surface area contributed by atoms with E-state index in [9.17, 15) is 32.7 Å². The number of rotatable bonds is 7. The molecule has 1 saturated heterocycles. The van der Waals surface area contributed by atoms with E-state index in [2.05, 4.69) is 25.3 Å². The van der Waals surface area contributed by atoms with Crippen LogP contribution in [0.2, 0.25) is 5.02 Å². The molecule has 0 spiro atoms. The van der Waals surface area contributed by atoms with Crippen molar-refractivity contribution in [2.24, 2.45) is 0 Å². The number of alkyl halides is 3. The monoisotopic (exact) mass is 687 g/mol. The average Bonchev–Trinajstić information content (AvgIpc) is 3.03. The van der Waals surface area contributed by atoms with Crippen molar-refractivity contribution in [2.45, 2.75) is 39.9 Å². The second kappa shape index (κ2) is 13.3. The zero-order valence-corrected chi connectivity index (χ0v) is 27.6. The molecule has 13 nitrogen and oxygen atoms in total. The van der Waals surface area contributed by atoms with Crippen molar-refractivity contribution < 1.29 is 27.9 Å². The predicted molar refractivity (Wildman–Crippen MR) is 174 cm³/mol. The Hall–Kier alpha value is -4.99. The number of fused-ring (bicyclic) bond motifs is 1. The molecule has 4 aromatic rings. The second-order valence-corrected chi connectivity index (χ2v) is 11.8. The Balaban J connectivity index is 1.52. The summed E-state index contributed by atoms with van der Waals surface area (Å²) in [6.07, 6.45) is -3.10. The number of halogens is 4. The van der Waals surface area contributed by atoms with E-state index >= 15 is 0 Å². The van der Waals surface area contributed by atoms with Gasteiger partial charge < -0.3 is 29.7 Å². The van der Waals surface area contributed by atoms with E-state index in [-0.39, 0.29) is 71.7 Å². The number of pyridine rings is 1. The van der Waals surface area contributed by atoms with Crippen LogP contribution in [0.15, 0.2) is 29.3 Å². The molecule has 3 aromatic heterocycles. The molecule has 1 aliphatic heterocycles. The third kappa shape index (κ3) is 6.56. The summed E-state index contributed by atoms with van der Waals surface area (Å²) in [5.74, 6) is -0.927. The van der Waals surface area contributed by atoms with Crippen LogP contribution >= 0.6 is 11.6 Å². The number of nitrogens with one attached hydrogen (secondary N) is 1. The van der Waals surface area contributed by atoms with E-state index < -0.39 is 29.0 Å². The van der Waals surface area contributed by atoms with E-state index in [1.54, 1.807) is 37.4 Å². The normalized spacial score (nSPS) is 13.6. The van der Waals surface area contributed by atoms with Gasteiger partial charge in [-0.05, 0) is 38.5 Å². The van der Waals surface area contributed by atoms with Crippen molar-refractivity contribution in [2.75, 3.05) is 55.4 Å². The van der Waals surface area contributed by atoms with Gasteiger partial charge in [0.05, 0.1) is 27.7 Å². The number of aryl methyl sites for hydroxylation is 2. The maximum Gasteiger partial charge on any atom is 0.416 e. The molecule has 0 bridgehead atoms. The summed E-state index contributed by atoms with van der Waals surface area (Å²) in [7, 11) is 3.52. The first kappa shape index (κ1) is 34.3. The number of piperazine rings is 1. The standard InChI is InChI=1S/C31H33ClF3N9O4/c1-6-21-25(42-9-11-43(12-10-42)30(48)24-26(46)16(2)36-15-37-24)27(47)23-29(38-17(3)28(40-23)41(4)5)44(21)14-22(45)39-20-8-7-18(13-19(20)32)31(33,34)35/h7-8,13,15,46H,6,9-12,14H2,1-5H3,(H,39,45). The summed E-state index contributed by atoms with van der Waals surface area (Å²) < 4.78 is 41.0. The number of carbonyl (C=O) groups excluding carboxylic acids is 2.